The van der Waals surface area contributed by atoms with E-state index in [0.717, 1.165) is 16.8 Å². The standard InChI is InChI=1S/C29H24N4O2/c34-29(31-24-15-9-16-26(18-24)35-21-25-14-7-8-17-30-25)27-20-33(19-22-10-3-1-4-11-22)32-28(27)23-12-5-2-6-13-23/h1-18,20H,19,21H2,(H,31,34). The van der Waals surface area contributed by atoms with E-state index in [-0.39, 0.29) is 5.91 Å². The summed E-state index contributed by atoms with van der Waals surface area (Å²) in [4.78, 5) is 17.6. The molecule has 0 fully saturated rings. The minimum absolute atomic E-state index is 0.231. The molecular weight excluding hydrogens is 436 g/mol. The van der Waals surface area contributed by atoms with Crippen LogP contribution >= 0.6 is 0 Å². The molecule has 3 aromatic carbocycles. The molecule has 0 aliphatic heterocycles. The third kappa shape index (κ3) is 5.62. The number of anilines is 1. The lowest BCUT2D eigenvalue weighted by Gasteiger charge is -2.09. The second kappa shape index (κ2) is 10.5. The van der Waals surface area contributed by atoms with Gasteiger partial charge in [-0.3, -0.25) is 14.5 Å². The highest BCUT2D eigenvalue weighted by atomic mass is 16.5. The van der Waals surface area contributed by atoms with E-state index in [1.165, 1.54) is 0 Å². The Balaban J connectivity index is 1.36. The Labute approximate surface area is 203 Å². The van der Waals surface area contributed by atoms with E-state index in [4.69, 9.17) is 9.84 Å². The van der Waals surface area contributed by atoms with Crippen LogP contribution < -0.4 is 10.1 Å². The van der Waals surface area contributed by atoms with Crippen LogP contribution in [-0.4, -0.2) is 20.7 Å². The van der Waals surface area contributed by atoms with E-state index in [2.05, 4.69) is 10.3 Å². The summed E-state index contributed by atoms with van der Waals surface area (Å²) in [6.07, 6.45) is 3.53. The van der Waals surface area contributed by atoms with Gasteiger partial charge in [0.15, 0.2) is 0 Å². The molecule has 0 aliphatic rings. The summed E-state index contributed by atoms with van der Waals surface area (Å²) in [5.41, 5.74) is 4.62. The molecule has 1 N–H and O–H groups in total. The Hall–Kier alpha value is -4.71. The first-order valence-corrected chi connectivity index (χ1v) is 11.4. The fourth-order valence-electron chi connectivity index (χ4n) is 3.75. The molecule has 0 spiro atoms. The first kappa shape index (κ1) is 22.1. The number of nitrogens with zero attached hydrogens (tertiary/aromatic N) is 3. The van der Waals surface area contributed by atoms with Crippen LogP contribution in [0.15, 0.2) is 116 Å². The van der Waals surface area contributed by atoms with E-state index < -0.39 is 0 Å². The van der Waals surface area contributed by atoms with Gasteiger partial charge in [0, 0.05) is 29.7 Å². The van der Waals surface area contributed by atoms with Gasteiger partial charge in [-0.25, -0.2) is 0 Å². The number of rotatable bonds is 8. The van der Waals surface area contributed by atoms with Crippen LogP contribution in [0.1, 0.15) is 21.6 Å². The van der Waals surface area contributed by atoms with E-state index >= 15 is 0 Å². The Morgan fingerprint density at radius 3 is 2.40 bits per heavy atom. The summed E-state index contributed by atoms with van der Waals surface area (Å²) in [5, 5.41) is 7.74. The number of hydrogen-bond donors (Lipinski definition) is 1. The lowest BCUT2D eigenvalue weighted by atomic mass is 10.1. The summed E-state index contributed by atoms with van der Waals surface area (Å²) in [6.45, 7) is 0.924. The molecule has 0 unspecified atom stereocenters. The molecule has 6 nitrogen and oxygen atoms in total. The highest BCUT2D eigenvalue weighted by Crippen LogP contribution is 2.25. The average molecular weight is 461 g/mol. The maximum Gasteiger partial charge on any atom is 0.259 e. The third-order valence-corrected chi connectivity index (χ3v) is 5.45. The third-order valence-electron chi connectivity index (χ3n) is 5.45. The van der Waals surface area contributed by atoms with Crippen molar-refractivity contribution in [1.29, 1.82) is 0 Å². The molecule has 5 rings (SSSR count). The van der Waals surface area contributed by atoms with Crippen LogP contribution in [0.4, 0.5) is 5.69 Å². The van der Waals surface area contributed by atoms with E-state index in [9.17, 15) is 4.79 Å². The minimum atomic E-state index is -0.231. The molecule has 0 saturated heterocycles. The van der Waals surface area contributed by atoms with E-state index in [1.54, 1.807) is 23.1 Å². The fourth-order valence-corrected chi connectivity index (χ4v) is 3.75. The fraction of sp³-hybridized carbons (Fsp3) is 0.0690. The number of hydrogen-bond acceptors (Lipinski definition) is 4. The van der Waals surface area contributed by atoms with Crippen molar-refractivity contribution in [3.8, 4) is 17.0 Å². The monoisotopic (exact) mass is 460 g/mol. The average Bonchev–Trinajstić information content (AvgIpc) is 3.33. The van der Waals surface area contributed by atoms with Crippen LogP contribution in [0.3, 0.4) is 0 Å². The van der Waals surface area contributed by atoms with E-state index in [0.29, 0.717) is 35.8 Å². The van der Waals surface area contributed by atoms with Crippen LogP contribution in [0.2, 0.25) is 0 Å². The van der Waals surface area contributed by atoms with Gasteiger partial charge in [0.2, 0.25) is 0 Å². The Kier molecular flexibility index (Phi) is 6.62. The molecule has 5 aromatic rings. The summed E-state index contributed by atoms with van der Waals surface area (Å²) in [5.74, 6) is 0.418. The Morgan fingerprint density at radius 1 is 0.857 bits per heavy atom. The maximum atomic E-state index is 13.3. The lowest BCUT2D eigenvalue weighted by molar-refractivity contribution is 0.102. The number of carbonyl (C=O) groups excluding carboxylic acids is 1. The van der Waals surface area contributed by atoms with Crippen LogP contribution in [0.25, 0.3) is 11.3 Å². The summed E-state index contributed by atoms with van der Waals surface area (Å²) < 4.78 is 7.66. The maximum absolute atomic E-state index is 13.3. The number of ether oxygens (including phenoxy) is 1. The van der Waals surface area contributed by atoms with Gasteiger partial charge < -0.3 is 10.1 Å². The Bertz CT molecular complexity index is 1400. The van der Waals surface area contributed by atoms with E-state index in [1.807, 2.05) is 97.1 Å². The van der Waals surface area contributed by atoms with Crippen molar-refractivity contribution in [3.63, 3.8) is 0 Å². The molecule has 0 saturated carbocycles. The molecule has 0 bridgehead atoms. The van der Waals surface area contributed by atoms with Gasteiger partial charge in [0.25, 0.3) is 5.91 Å². The second-order valence-electron chi connectivity index (χ2n) is 8.03. The summed E-state index contributed by atoms with van der Waals surface area (Å²) in [6, 6.07) is 32.8. The summed E-state index contributed by atoms with van der Waals surface area (Å²) in [7, 11) is 0. The van der Waals surface area contributed by atoms with Crippen molar-refractivity contribution in [2.45, 2.75) is 13.2 Å². The number of carbonyl (C=O) groups is 1. The zero-order valence-electron chi connectivity index (χ0n) is 19.0. The zero-order chi connectivity index (χ0) is 23.9. The summed E-state index contributed by atoms with van der Waals surface area (Å²) >= 11 is 0. The van der Waals surface area contributed by atoms with Crippen molar-refractivity contribution in [2.75, 3.05) is 5.32 Å². The highest BCUT2D eigenvalue weighted by Gasteiger charge is 2.18. The molecule has 0 aliphatic carbocycles. The number of pyridine rings is 1. The normalized spacial score (nSPS) is 10.6. The smallest absolute Gasteiger partial charge is 0.259 e. The molecule has 0 radical (unpaired) electrons. The van der Waals surface area contributed by atoms with Gasteiger partial charge in [-0.2, -0.15) is 5.10 Å². The largest absolute Gasteiger partial charge is 0.487 e. The van der Waals surface area contributed by atoms with Gasteiger partial charge >= 0.3 is 0 Å². The van der Waals surface area contributed by atoms with Crippen molar-refractivity contribution in [2.24, 2.45) is 0 Å². The highest BCUT2D eigenvalue weighted by molar-refractivity contribution is 6.08. The molecule has 6 heteroatoms. The first-order valence-electron chi connectivity index (χ1n) is 11.4. The second-order valence-corrected chi connectivity index (χ2v) is 8.03. The van der Waals surface area contributed by atoms with Gasteiger partial charge in [-0.05, 0) is 29.8 Å². The quantitative estimate of drug-likeness (QED) is 0.317. The van der Waals surface area contributed by atoms with Crippen LogP contribution in [-0.2, 0) is 13.2 Å². The van der Waals surface area contributed by atoms with Crippen molar-refractivity contribution in [3.05, 3.63) is 132 Å². The van der Waals surface area contributed by atoms with Crippen molar-refractivity contribution in [1.82, 2.24) is 14.8 Å². The SMILES string of the molecule is O=C(Nc1cccc(OCc2ccccn2)c1)c1cn(Cc2ccccc2)nc1-c1ccccc1. The van der Waals surface area contributed by atoms with Crippen LogP contribution in [0.5, 0.6) is 5.75 Å². The molecule has 1 amide bonds. The number of benzene rings is 3. The van der Waals surface area contributed by atoms with Gasteiger partial charge in [-0.15, -0.1) is 0 Å². The minimum Gasteiger partial charge on any atom is -0.487 e. The van der Waals surface area contributed by atoms with Gasteiger partial charge in [0.1, 0.15) is 18.1 Å². The van der Waals surface area contributed by atoms with Gasteiger partial charge in [0.05, 0.1) is 17.8 Å². The predicted molar refractivity (Wildman–Crippen MR) is 136 cm³/mol. The first-order chi connectivity index (χ1) is 17.2. The molecule has 2 heterocycles. The van der Waals surface area contributed by atoms with Gasteiger partial charge in [-0.1, -0.05) is 72.8 Å². The molecular formula is C29H24N4O2. The predicted octanol–water partition coefficient (Wildman–Crippen LogP) is 5.82. The topological polar surface area (TPSA) is 69.0 Å². The van der Waals surface area contributed by atoms with Crippen LogP contribution in [0, 0.1) is 0 Å². The zero-order valence-corrected chi connectivity index (χ0v) is 19.0. The number of nitrogens with one attached hydrogen (secondary N) is 1. The molecule has 172 valence electrons. The number of amides is 1. The number of aromatic nitrogens is 3. The molecule has 0 atom stereocenters. The Morgan fingerprint density at radius 2 is 1.63 bits per heavy atom. The van der Waals surface area contributed by atoms with Crippen molar-refractivity contribution < 1.29 is 9.53 Å². The van der Waals surface area contributed by atoms with Crippen molar-refractivity contribution >= 4 is 11.6 Å². The molecule has 2 aromatic heterocycles. The molecule has 35 heavy (non-hydrogen) atoms. The lowest BCUT2D eigenvalue weighted by Crippen LogP contribution is -2.12.